The van der Waals surface area contributed by atoms with Crippen LogP contribution in [-0.4, -0.2) is 60.8 Å². The summed E-state index contributed by atoms with van der Waals surface area (Å²) in [5.74, 6) is 0.821. The summed E-state index contributed by atoms with van der Waals surface area (Å²) in [5.41, 5.74) is 4.07. The first-order valence-corrected chi connectivity index (χ1v) is 18.8. The molecule has 0 bridgehead atoms. The number of rotatable bonds is 25. The van der Waals surface area contributed by atoms with Crippen molar-refractivity contribution in [2.75, 3.05) is 26.2 Å². The Kier molecular flexibility index (Phi) is 25.3. The first-order chi connectivity index (χ1) is 16.1. The molecule has 0 fully saturated rings. The van der Waals surface area contributed by atoms with Gasteiger partial charge in [-0.3, -0.25) is 9.80 Å². The topological polar surface area (TPSA) is 6.48 Å². The summed E-state index contributed by atoms with van der Waals surface area (Å²) in [5, 5.41) is 0. The van der Waals surface area contributed by atoms with E-state index in [0.29, 0.717) is 0 Å². The lowest BCUT2D eigenvalue weighted by Gasteiger charge is -2.40. The third-order valence-electron chi connectivity index (χ3n) is 7.01. The molecule has 0 aromatic rings. The van der Waals surface area contributed by atoms with Gasteiger partial charge in [0.2, 0.25) is 0 Å². The second-order valence-corrected chi connectivity index (χ2v) is 14.4. The number of nitrogens with zero attached hydrogens (tertiary/aromatic N) is 2. The molecule has 4 heteroatoms. The molecule has 0 unspecified atom stereocenters. The van der Waals surface area contributed by atoms with Crippen LogP contribution in [0.4, 0.5) is 0 Å². The summed E-state index contributed by atoms with van der Waals surface area (Å²) >= 11 is 0. The minimum absolute atomic E-state index is 0.0891. The normalized spacial score (nSPS) is 12.5. The van der Waals surface area contributed by atoms with Crippen LogP contribution in [0.1, 0.15) is 131 Å². The van der Waals surface area contributed by atoms with E-state index in [0.717, 1.165) is 5.79 Å². The van der Waals surface area contributed by atoms with Crippen LogP contribution >= 0.6 is 0 Å². The first-order valence-electron chi connectivity index (χ1n) is 15.2. The Morgan fingerprint density at radius 1 is 0.576 bits per heavy atom. The lowest BCUT2D eigenvalue weighted by Crippen LogP contribution is -2.53. The van der Waals surface area contributed by atoms with Gasteiger partial charge in [-0.05, 0) is 65.7 Å². The van der Waals surface area contributed by atoms with Crippen LogP contribution in [-0.2, 0) is 0 Å². The summed E-state index contributed by atoms with van der Waals surface area (Å²) in [6.45, 7) is 19.3. The molecule has 0 rings (SSSR count). The molecule has 0 heterocycles. The molecule has 2 nitrogen and oxygen atoms in total. The van der Waals surface area contributed by atoms with Crippen LogP contribution in [0.15, 0.2) is 11.3 Å². The summed E-state index contributed by atoms with van der Waals surface area (Å²) in [7, 11) is 0.0106. The number of hydrogen-bond acceptors (Lipinski definition) is 2. The van der Waals surface area contributed by atoms with Crippen molar-refractivity contribution in [1.82, 2.24) is 9.80 Å². The highest BCUT2D eigenvalue weighted by atomic mass is 28.2. The van der Waals surface area contributed by atoms with Crippen molar-refractivity contribution in [2.45, 2.75) is 149 Å². The van der Waals surface area contributed by atoms with Crippen molar-refractivity contribution >= 4 is 19.0 Å². The Morgan fingerprint density at radius 2 is 0.970 bits per heavy atom. The predicted octanol–water partition coefficient (Wildman–Crippen LogP) is 7.51. The Balaban J connectivity index is 4.59. The van der Waals surface area contributed by atoms with Crippen molar-refractivity contribution in [1.29, 1.82) is 0 Å². The fourth-order valence-corrected chi connectivity index (χ4v) is 8.67. The second-order valence-electron chi connectivity index (χ2n) is 10.7. The third-order valence-corrected chi connectivity index (χ3v) is 11.5. The van der Waals surface area contributed by atoms with E-state index in [9.17, 15) is 0 Å². The minimum atomic E-state index is -0.0891. The molecule has 0 N–H and O–H groups in total. The molecule has 0 spiro atoms. The first kappa shape index (κ1) is 33.1. The highest BCUT2D eigenvalue weighted by Gasteiger charge is 2.24. The largest absolute Gasteiger partial charge is 0.291 e. The average molecular weight is 497 g/mol. The van der Waals surface area contributed by atoms with E-state index in [1.54, 1.807) is 6.04 Å². The third kappa shape index (κ3) is 20.0. The predicted molar refractivity (Wildman–Crippen MR) is 160 cm³/mol. The van der Waals surface area contributed by atoms with Gasteiger partial charge in [-0.25, -0.2) is 0 Å². The molecule has 0 atom stereocenters. The lowest BCUT2D eigenvalue weighted by atomic mass is 10.1. The van der Waals surface area contributed by atoms with Gasteiger partial charge >= 0.3 is 0 Å². The molecule has 0 aliphatic carbocycles. The van der Waals surface area contributed by atoms with Crippen molar-refractivity contribution in [2.24, 2.45) is 0 Å². The van der Waals surface area contributed by atoms with E-state index >= 15 is 0 Å². The SMILES string of the molecule is CCCCN(CCCC)C([SiH2]CCCCCCCC[SiH2]C=C(C)C)N(CCCC)CCCC. The molecule has 0 aromatic heterocycles. The van der Waals surface area contributed by atoms with E-state index in [2.05, 4.69) is 57.0 Å². The van der Waals surface area contributed by atoms with Crippen LogP contribution < -0.4 is 0 Å². The van der Waals surface area contributed by atoms with Gasteiger partial charge in [0, 0.05) is 15.3 Å². The summed E-state index contributed by atoms with van der Waals surface area (Å²) in [6, 6.07) is 3.08. The standard InChI is InChI=1S/C29H64N2Si2/c1-7-11-21-30(22-12-8-2)29(31(23-13-9-3)24-14-10-4)33-26-20-18-16-15-17-19-25-32-27-28(5)6/h27,29H,7-26,32-33H2,1-6H3. The zero-order valence-electron chi connectivity index (χ0n) is 24.1. The maximum absolute atomic E-state index is 2.95. The van der Waals surface area contributed by atoms with Gasteiger partial charge in [0.15, 0.2) is 0 Å². The van der Waals surface area contributed by atoms with Crippen LogP contribution in [0.5, 0.6) is 0 Å². The summed E-state index contributed by atoms with van der Waals surface area (Å²) in [4.78, 5) is 5.89. The fourth-order valence-electron chi connectivity index (χ4n) is 4.78. The molecule has 198 valence electrons. The van der Waals surface area contributed by atoms with Crippen LogP contribution in [0.3, 0.4) is 0 Å². The highest BCUT2D eigenvalue weighted by Crippen LogP contribution is 2.16. The Morgan fingerprint density at radius 3 is 1.36 bits per heavy atom. The monoisotopic (exact) mass is 496 g/mol. The molecular weight excluding hydrogens is 433 g/mol. The molecule has 0 amide bonds. The quantitative estimate of drug-likeness (QED) is 0.0732. The van der Waals surface area contributed by atoms with E-state index in [4.69, 9.17) is 0 Å². The van der Waals surface area contributed by atoms with Gasteiger partial charge in [-0.1, -0.05) is 110 Å². The van der Waals surface area contributed by atoms with Crippen molar-refractivity contribution in [3.63, 3.8) is 0 Å². The van der Waals surface area contributed by atoms with Gasteiger partial charge in [-0.15, -0.1) is 5.70 Å². The van der Waals surface area contributed by atoms with Crippen LogP contribution in [0.25, 0.3) is 0 Å². The van der Waals surface area contributed by atoms with Crippen LogP contribution in [0, 0.1) is 0 Å². The highest BCUT2D eigenvalue weighted by molar-refractivity contribution is 6.42. The molecule has 0 saturated heterocycles. The van der Waals surface area contributed by atoms with E-state index in [1.165, 1.54) is 128 Å². The minimum Gasteiger partial charge on any atom is -0.291 e. The van der Waals surface area contributed by atoms with Gasteiger partial charge in [0.1, 0.15) is 0 Å². The van der Waals surface area contributed by atoms with E-state index in [-0.39, 0.29) is 19.0 Å². The molecular formula is C29H64N2Si2. The van der Waals surface area contributed by atoms with Crippen LogP contribution in [0.2, 0.25) is 12.1 Å². The zero-order chi connectivity index (χ0) is 24.6. The van der Waals surface area contributed by atoms with Gasteiger partial charge in [0.05, 0.1) is 9.52 Å². The van der Waals surface area contributed by atoms with Gasteiger partial charge in [-0.2, -0.15) is 0 Å². The molecule has 33 heavy (non-hydrogen) atoms. The second kappa shape index (κ2) is 25.2. The number of hydrogen-bond donors (Lipinski definition) is 0. The Bertz CT molecular complexity index is 388. The number of unbranched alkanes of at least 4 members (excludes halogenated alkanes) is 9. The summed E-state index contributed by atoms with van der Waals surface area (Å²) < 4.78 is 0. The smallest absolute Gasteiger partial charge is 0.0592 e. The van der Waals surface area contributed by atoms with Crippen molar-refractivity contribution < 1.29 is 0 Å². The number of allylic oxidation sites excluding steroid dienone is 1. The lowest BCUT2D eigenvalue weighted by molar-refractivity contribution is 0.0899. The Hall–Kier alpha value is 0.0938. The molecule has 0 aliphatic heterocycles. The molecule has 0 aliphatic rings. The van der Waals surface area contributed by atoms with E-state index in [1.807, 2.05) is 0 Å². The molecule has 0 aromatic carbocycles. The molecule has 0 saturated carbocycles. The van der Waals surface area contributed by atoms with Gasteiger partial charge in [0.25, 0.3) is 0 Å². The fraction of sp³-hybridized carbons (Fsp3) is 0.931. The zero-order valence-corrected chi connectivity index (χ0v) is 26.9. The average Bonchev–Trinajstić information content (AvgIpc) is 2.81. The summed E-state index contributed by atoms with van der Waals surface area (Å²) in [6.07, 6.45) is 19.7. The van der Waals surface area contributed by atoms with E-state index < -0.39 is 0 Å². The maximum Gasteiger partial charge on any atom is 0.0592 e. The van der Waals surface area contributed by atoms with Crippen molar-refractivity contribution in [3.8, 4) is 0 Å². The maximum atomic E-state index is 2.95. The Labute approximate surface area is 215 Å². The van der Waals surface area contributed by atoms with Gasteiger partial charge < -0.3 is 0 Å². The van der Waals surface area contributed by atoms with Crippen molar-refractivity contribution in [3.05, 3.63) is 11.3 Å². The molecule has 0 radical (unpaired) electrons.